The topological polar surface area (TPSA) is 97.7 Å². The van der Waals surface area contributed by atoms with Gasteiger partial charge in [0.05, 0.1) is 25.6 Å². The number of rotatable bonds is 2. The molecular weight excluding hydrogens is 326 g/mol. The Labute approximate surface area is 143 Å². The number of aromatic nitrogens is 2. The van der Waals surface area contributed by atoms with E-state index in [0.717, 1.165) is 12.1 Å². The Balaban J connectivity index is 1.50. The molecule has 1 amide bonds. The standard InChI is InChI=1S/C17H19N3O5/c1-23-14-10-24-13(8-12(14)21)16(22)20-5-3-17(4-6-20)15-11(2-7-25-17)9-18-19-15/h8-10H,2-7H2,1H3,(H,18,19). The smallest absolute Gasteiger partial charge is 0.289 e. The number of ether oxygens (including phenoxy) is 2. The third-order valence-corrected chi connectivity index (χ3v) is 5.01. The van der Waals surface area contributed by atoms with Crippen molar-refractivity contribution in [3.8, 4) is 5.75 Å². The minimum Gasteiger partial charge on any atom is -0.490 e. The monoisotopic (exact) mass is 345 g/mol. The van der Waals surface area contributed by atoms with Crippen LogP contribution >= 0.6 is 0 Å². The molecule has 4 rings (SSSR count). The van der Waals surface area contributed by atoms with Gasteiger partial charge in [0.2, 0.25) is 11.2 Å². The number of piperidine rings is 1. The molecule has 1 fully saturated rings. The molecule has 2 aliphatic rings. The van der Waals surface area contributed by atoms with Crippen molar-refractivity contribution < 1.29 is 18.7 Å². The molecule has 8 nitrogen and oxygen atoms in total. The van der Waals surface area contributed by atoms with Crippen LogP contribution in [0.4, 0.5) is 0 Å². The molecule has 1 spiro atoms. The molecule has 0 atom stereocenters. The lowest BCUT2D eigenvalue weighted by Gasteiger charge is -2.43. The molecule has 0 bridgehead atoms. The molecule has 132 valence electrons. The fourth-order valence-electron chi connectivity index (χ4n) is 3.60. The number of hydrogen-bond donors (Lipinski definition) is 1. The molecule has 0 aromatic carbocycles. The van der Waals surface area contributed by atoms with Gasteiger partial charge < -0.3 is 18.8 Å². The molecule has 2 aromatic rings. The van der Waals surface area contributed by atoms with Crippen LogP contribution in [-0.2, 0) is 16.8 Å². The second-order valence-electron chi connectivity index (χ2n) is 6.33. The maximum atomic E-state index is 12.6. The second kappa shape index (κ2) is 6.03. The Morgan fingerprint density at radius 3 is 2.92 bits per heavy atom. The van der Waals surface area contributed by atoms with Crippen molar-refractivity contribution in [2.45, 2.75) is 24.9 Å². The van der Waals surface area contributed by atoms with Crippen molar-refractivity contribution in [3.05, 3.63) is 45.8 Å². The second-order valence-corrected chi connectivity index (χ2v) is 6.33. The van der Waals surface area contributed by atoms with Crippen molar-refractivity contribution in [2.24, 2.45) is 0 Å². The number of nitrogens with one attached hydrogen (secondary N) is 1. The minimum atomic E-state index is -0.401. The van der Waals surface area contributed by atoms with Gasteiger partial charge in [0.1, 0.15) is 11.9 Å². The molecule has 2 aliphatic heterocycles. The van der Waals surface area contributed by atoms with Gasteiger partial charge in [0.25, 0.3) is 5.91 Å². The van der Waals surface area contributed by atoms with Crippen LogP contribution in [0.15, 0.2) is 27.7 Å². The summed E-state index contributed by atoms with van der Waals surface area (Å²) in [4.78, 5) is 26.1. The first kappa shape index (κ1) is 15.9. The number of carbonyl (C=O) groups excluding carboxylic acids is 1. The average Bonchev–Trinajstić information content (AvgIpc) is 3.12. The van der Waals surface area contributed by atoms with Gasteiger partial charge in [-0.15, -0.1) is 0 Å². The Bertz CT molecular complexity index is 848. The van der Waals surface area contributed by atoms with Crippen LogP contribution < -0.4 is 10.2 Å². The summed E-state index contributed by atoms with van der Waals surface area (Å²) < 4.78 is 16.2. The molecule has 0 unspecified atom stereocenters. The minimum absolute atomic E-state index is 0.0218. The Kier molecular flexibility index (Phi) is 3.84. The van der Waals surface area contributed by atoms with Gasteiger partial charge in [-0.05, 0) is 24.8 Å². The summed E-state index contributed by atoms with van der Waals surface area (Å²) in [5, 5.41) is 7.20. The van der Waals surface area contributed by atoms with E-state index < -0.39 is 5.60 Å². The number of aromatic amines is 1. The molecule has 1 N–H and O–H groups in total. The number of fused-ring (bicyclic) bond motifs is 2. The summed E-state index contributed by atoms with van der Waals surface area (Å²) in [5.74, 6) is -0.194. The Hall–Kier alpha value is -2.61. The first-order chi connectivity index (χ1) is 12.1. The van der Waals surface area contributed by atoms with Gasteiger partial charge in [0.15, 0.2) is 5.76 Å². The van der Waals surface area contributed by atoms with Gasteiger partial charge in [-0.2, -0.15) is 5.10 Å². The fraction of sp³-hybridized carbons (Fsp3) is 0.471. The molecule has 4 heterocycles. The molecule has 0 aliphatic carbocycles. The highest BCUT2D eigenvalue weighted by molar-refractivity contribution is 5.91. The van der Waals surface area contributed by atoms with E-state index in [1.54, 1.807) is 4.90 Å². The Morgan fingerprint density at radius 2 is 2.20 bits per heavy atom. The highest BCUT2D eigenvalue weighted by Gasteiger charge is 2.43. The lowest BCUT2D eigenvalue weighted by molar-refractivity contribution is -0.0964. The van der Waals surface area contributed by atoms with Crippen LogP contribution in [0.1, 0.15) is 34.7 Å². The summed E-state index contributed by atoms with van der Waals surface area (Å²) >= 11 is 0. The molecule has 1 saturated heterocycles. The number of carbonyl (C=O) groups is 1. The van der Waals surface area contributed by atoms with E-state index in [4.69, 9.17) is 13.9 Å². The lowest BCUT2D eigenvalue weighted by Crippen LogP contribution is -2.48. The fourth-order valence-corrected chi connectivity index (χ4v) is 3.60. The number of amides is 1. The number of methoxy groups -OCH3 is 1. The average molecular weight is 345 g/mol. The third kappa shape index (κ3) is 2.62. The van der Waals surface area contributed by atoms with E-state index in [0.29, 0.717) is 32.5 Å². The normalized spacial score (nSPS) is 18.8. The highest BCUT2D eigenvalue weighted by Crippen LogP contribution is 2.40. The van der Waals surface area contributed by atoms with Crippen LogP contribution in [-0.4, -0.2) is 47.8 Å². The zero-order valence-corrected chi connectivity index (χ0v) is 13.9. The summed E-state index contributed by atoms with van der Waals surface area (Å²) in [6.45, 7) is 1.70. The molecular formula is C17H19N3O5. The van der Waals surface area contributed by atoms with E-state index in [1.807, 2.05) is 6.20 Å². The largest absolute Gasteiger partial charge is 0.490 e. The van der Waals surface area contributed by atoms with Gasteiger partial charge in [-0.25, -0.2) is 0 Å². The first-order valence-electron chi connectivity index (χ1n) is 8.26. The molecule has 8 heteroatoms. The van der Waals surface area contributed by atoms with Gasteiger partial charge in [0, 0.05) is 19.2 Å². The molecule has 2 aromatic heterocycles. The third-order valence-electron chi connectivity index (χ3n) is 5.01. The zero-order valence-electron chi connectivity index (χ0n) is 13.9. The summed E-state index contributed by atoms with van der Waals surface area (Å²) in [7, 11) is 1.38. The maximum Gasteiger partial charge on any atom is 0.289 e. The predicted octanol–water partition coefficient (Wildman–Crippen LogP) is 1.08. The van der Waals surface area contributed by atoms with Crippen LogP contribution in [0.25, 0.3) is 0 Å². The molecule has 0 saturated carbocycles. The maximum absolute atomic E-state index is 12.6. The van der Waals surface area contributed by atoms with Gasteiger partial charge in [-0.3, -0.25) is 14.7 Å². The number of likely N-dealkylation sites (tertiary alicyclic amines) is 1. The van der Waals surface area contributed by atoms with Crippen molar-refractivity contribution >= 4 is 5.91 Å². The predicted molar refractivity (Wildman–Crippen MR) is 86.6 cm³/mol. The first-order valence-corrected chi connectivity index (χ1v) is 8.26. The molecule has 25 heavy (non-hydrogen) atoms. The van der Waals surface area contributed by atoms with Gasteiger partial charge >= 0.3 is 0 Å². The molecule has 0 radical (unpaired) electrons. The SMILES string of the molecule is COc1coc(C(=O)N2CCC3(CC2)OCCc2cn[nH]c23)cc1=O. The summed E-state index contributed by atoms with van der Waals surface area (Å²) in [6.07, 6.45) is 5.22. The zero-order chi connectivity index (χ0) is 17.4. The van der Waals surface area contributed by atoms with Crippen molar-refractivity contribution in [1.82, 2.24) is 15.1 Å². The highest BCUT2D eigenvalue weighted by atomic mass is 16.5. The Morgan fingerprint density at radius 1 is 1.40 bits per heavy atom. The van der Waals surface area contributed by atoms with Crippen LogP contribution in [0.5, 0.6) is 5.75 Å². The van der Waals surface area contributed by atoms with Crippen molar-refractivity contribution in [3.63, 3.8) is 0 Å². The van der Waals surface area contributed by atoms with E-state index >= 15 is 0 Å². The van der Waals surface area contributed by atoms with Crippen LogP contribution in [0.2, 0.25) is 0 Å². The quantitative estimate of drug-likeness (QED) is 0.874. The van der Waals surface area contributed by atoms with Crippen molar-refractivity contribution in [2.75, 3.05) is 26.8 Å². The van der Waals surface area contributed by atoms with E-state index in [2.05, 4.69) is 10.2 Å². The van der Waals surface area contributed by atoms with E-state index in [9.17, 15) is 9.59 Å². The lowest BCUT2D eigenvalue weighted by atomic mass is 9.83. The number of hydrogen-bond acceptors (Lipinski definition) is 6. The summed E-state index contributed by atoms with van der Waals surface area (Å²) in [6, 6.07) is 1.18. The summed E-state index contributed by atoms with van der Waals surface area (Å²) in [5.41, 5.74) is 1.44. The van der Waals surface area contributed by atoms with E-state index in [-0.39, 0.29) is 22.8 Å². The van der Waals surface area contributed by atoms with Gasteiger partial charge in [-0.1, -0.05) is 0 Å². The van der Waals surface area contributed by atoms with Crippen LogP contribution in [0.3, 0.4) is 0 Å². The number of H-pyrrole nitrogens is 1. The number of nitrogens with zero attached hydrogens (tertiary/aromatic N) is 2. The van der Waals surface area contributed by atoms with Crippen molar-refractivity contribution in [1.29, 1.82) is 0 Å². The van der Waals surface area contributed by atoms with Crippen LogP contribution in [0, 0.1) is 0 Å². The van der Waals surface area contributed by atoms with E-state index in [1.165, 1.54) is 25.0 Å².